The number of ether oxygens (including phenoxy) is 1. The van der Waals surface area contributed by atoms with Crippen LogP contribution in [-0.4, -0.2) is 12.1 Å². The van der Waals surface area contributed by atoms with Gasteiger partial charge < -0.3 is 14.9 Å². The summed E-state index contributed by atoms with van der Waals surface area (Å²) in [6.07, 6.45) is 0.400. The average Bonchev–Trinajstić information content (AvgIpc) is 2.58. The molecule has 0 aliphatic rings. The minimum atomic E-state index is -0.314. The molecule has 1 heterocycles. The van der Waals surface area contributed by atoms with Crippen LogP contribution >= 0.6 is 0 Å². The van der Waals surface area contributed by atoms with Gasteiger partial charge in [0.2, 0.25) is 0 Å². The Morgan fingerprint density at radius 3 is 2.82 bits per heavy atom. The molecule has 1 aromatic carbocycles. The maximum atomic E-state index is 13.2. The molecule has 2 rings (SSSR count). The molecule has 2 N–H and O–H groups in total. The van der Waals surface area contributed by atoms with Crippen LogP contribution in [0.5, 0.6) is 5.75 Å². The summed E-state index contributed by atoms with van der Waals surface area (Å²) in [4.78, 5) is 3.96. The van der Waals surface area contributed by atoms with Gasteiger partial charge in [-0.3, -0.25) is 0 Å². The maximum Gasteiger partial charge on any atom is 0.292 e. The van der Waals surface area contributed by atoms with Gasteiger partial charge in [-0.15, -0.1) is 0 Å². The number of nitrogens with two attached hydrogens (primary N) is 1. The summed E-state index contributed by atoms with van der Waals surface area (Å²) < 4.78 is 23.6. The lowest BCUT2D eigenvalue weighted by Crippen LogP contribution is -1.95. The number of anilines is 1. The Labute approximate surface area is 98.2 Å². The van der Waals surface area contributed by atoms with E-state index in [1.54, 1.807) is 20.1 Å². The van der Waals surface area contributed by atoms with Crippen LogP contribution in [0.2, 0.25) is 0 Å². The summed E-state index contributed by atoms with van der Waals surface area (Å²) in [7, 11) is 1.54. The zero-order chi connectivity index (χ0) is 12.4. The molecular weight excluding hydrogens is 223 g/mol. The van der Waals surface area contributed by atoms with Crippen molar-refractivity contribution >= 4 is 6.01 Å². The molecule has 0 saturated carbocycles. The molecule has 0 radical (unpaired) electrons. The van der Waals surface area contributed by atoms with E-state index in [0.717, 1.165) is 0 Å². The molecule has 0 aliphatic carbocycles. The Morgan fingerprint density at radius 1 is 1.47 bits per heavy atom. The number of nitrogen functional groups attached to an aromatic ring is 1. The largest absolute Gasteiger partial charge is 0.496 e. The molecule has 1 aromatic heterocycles. The number of methoxy groups -OCH3 is 1. The molecule has 0 aliphatic heterocycles. The Balaban J connectivity index is 2.35. The second-order valence-corrected chi connectivity index (χ2v) is 3.69. The monoisotopic (exact) mass is 236 g/mol. The molecule has 0 unspecified atom stereocenters. The third-order valence-corrected chi connectivity index (χ3v) is 2.50. The molecule has 4 nitrogen and oxygen atoms in total. The Kier molecular flexibility index (Phi) is 2.99. The summed E-state index contributed by atoms with van der Waals surface area (Å²) in [5.41, 5.74) is 6.85. The number of hydrogen-bond donors (Lipinski definition) is 1. The number of hydrogen-bond acceptors (Lipinski definition) is 4. The van der Waals surface area contributed by atoms with E-state index >= 15 is 0 Å². The number of rotatable bonds is 3. The van der Waals surface area contributed by atoms with E-state index in [9.17, 15) is 4.39 Å². The van der Waals surface area contributed by atoms with E-state index in [4.69, 9.17) is 14.9 Å². The van der Waals surface area contributed by atoms with E-state index < -0.39 is 0 Å². The SMILES string of the molecule is COc1ccc(F)cc1Cc1oc(N)nc1C. The maximum absolute atomic E-state index is 13.2. The number of nitrogens with zero attached hydrogens (tertiary/aromatic N) is 1. The number of benzene rings is 1. The molecular formula is C12H13FN2O2. The molecule has 0 fully saturated rings. The lowest BCUT2D eigenvalue weighted by Gasteiger charge is -2.07. The first kappa shape index (κ1) is 11.4. The quantitative estimate of drug-likeness (QED) is 0.888. The zero-order valence-electron chi connectivity index (χ0n) is 9.66. The fourth-order valence-corrected chi connectivity index (χ4v) is 1.67. The van der Waals surface area contributed by atoms with Gasteiger partial charge in [-0.2, -0.15) is 4.98 Å². The number of aromatic nitrogens is 1. The van der Waals surface area contributed by atoms with Crippen LogP contribution in [0.15, 0.2) is 22.6 Å². The minimum Gasteiger partial charge on any atom is -0.496 e. The van der Waals surface area contributed by atoms with Crippen LogP contribution in [0.1, 0.15) is 17.0 Å². The zero-order valence-corrected chi connectivity index (χ0v) is 9.66. The summed E-state index contributed by atoms with van der Waals surface area (Å²) in [6.45, 7) is 1.79. The number of halogens is 1. The van der Waals surface area contributed by atoms with E-state index in [1.165, 1.54) is 12.1 Å². The van der Waals surface area contributed by atoms with Gasteiger partial charge in [-0.1, -0.05) is 0 Å². The molecule has 90 valence electrons. The van der Waals surface area contributed by atoms with Crippen LogP contribution in [0.4, 0.5) is 10.4 Å². The molecule has 0 saturated heterocycles. The highest BCUT2D eigenvalue weighted by molar-refractivity contribution is 5.37. The number of oxazole rings is 1. The Morgan fingerprint density at radius 2 is 2.24 bits per heavy atom. The van der Waals surface area contributed by atoms with Crippen molar-refractivity contribution in [2.24, 2.45) is 0 Å². The van der Waals surface area contributed by atoms with Gasteiger partial charge in [0.15, 0.2) is 0 Å². The van der Waals surface area contributed by atoms with Crippen molar-refractivity contribution in [1.82, 2.24) is 4.98 Å². The average molecular weight is 236 g/mol. The van der Waals surface area contributed by atoms with Crippen molar-refractivity contribution in [1.29, 1.82) is 0 Å². The summed E-state index contributed by atoms with van der Waals surface area (Å²) in [6, 6.07) is 4.47. The first-order valence-electron chi connectivity index (χ1n) is 5.14. The molecule has 0 bridgehead atoms. The van der Waals surface area contributed by atoms with Crippen LogP contribution < -0.4 is 10.5 Å². The van der Waals surface area contributed by atoms with Crippen LogP contribution in [0, 0.1) is 12.7 Å². The second-order valence-electron chi connectivity index (χ2n) is 3.69. The van der Waals surface area contributed by atoms with Crippen molar-refractivity contribution < 1.29 is 13.5 Å². The minimum absolute atomic E-state index is 0.118. The standard InChI is InChI=1S/C12H13FN2O2/c1-7-11(17-12(14)15-7)6-8-5-9(13)3-4-10(8)16-2/h3-5H,6H2,1-2H3,(H2,14,15). The fourth-order valence-electron chi connectivity index (χ4n) is 1.67. The first-order valence-corrected chi connectivity index (χ1v) is 5.14. The van der Waals surface area contributed by atoms with Crippen molar-refractivity contribution in [2.75, 3.05) is 12.8 Å². The Hall–Kier alpha value is -2.04. The molecule has 17 heavy (non-hydrogen) atoms. The van der Waals surface area contributed by atoms with E-state index in [1.807, 2.05) is 0 Å². The normalized spacial score (nSPS) is 10.5. The summed E-state index contributed by atoms with van der Waals surface area (Å²) >= 11 is 0. The van der Waals surface area contributed by atoms with Crippen molar-refractivity contribution in [3.05, 3.63) is 41.0 Å². The molecule has 2 aromatic rings. The molecule has 5 heteroatoms. The Bertz CT molecular complexity index is 537. The van der Waals surface area contributed by atoms with Crippen molar-refractivity contribution in [2.45, 2.75) is 13.3 Å². The highest BCUT2D eigenvalue weighted by Crippen LogP contribution is 2.24. The van der Waals surface area contributed by atoms with Gasteiger partial charge in [0, 0.05) is 12.0 Å². The number of aryl methyl sites for hydroxylation is 1. The molecule has 0 amide bonds. The first-order chi connectivity index (χ1) is 8.10. The summed E-state index contributed by atoms with van der Waals surface area (Å²) in [5.74, 6) is 0.915. The fraction of sp³-hybridized carbons (Fsp3) is 0.250. The topological polar surface area (TPSA) is 61.3 Å². The smallest absolute Gasteiger partial charge is 0.292 e. The predicted octanol–water partition coefficient (Wildman–Crippen LogP) is 2.30. The van der Waals surface area contributed by atoms with Gasteiger partial charge in [-0.25, -0.2) is 4.39 Å². The third-order valence-electron chi connectivity index (χ3n) is 2.50. The highest BCUT2D eigenvalue weighted by Gasteiger charge is 2.12. The van der Waals surface area contributed by atoms with Gasteiger partial charge in [-0.05, 0) is 25.1 Å². The van der Waals surface area contributed by atoms with E-state index in [2.05, 4.69) is 4.98 Å². The van der Waals surface area contributed by atoms with Crippen LogP contribution in [0.3, 0.4) is 0 Å². The van der Waals surface area contributed by atoms with E-state index in [-0.39, 0.29) is 11.8 Å². The van der Waals surface area contributed by atoms with Gasteiger partial charge in [0.25, 0.3) is 6.01 Å². The second kappa shape index (κ2) is 4.45. The van der Waals surface area contributed by atoms with E-state index in [0.29, 0.717) is 29.2 Å². The van der Waals surface area contributed by atoms with Crippen LogP contribution in [0.25, 0.3) is 0 Å². The van der Waals surface area contributed by atoms with Crippen molar-refractivity contribution in [3.63, 3.8) is 0 Å². The molecule has 0 spiro atoms. The van der Waals surface area contributed by atoms with Crippen LogP contribution in [-0.2, 0) is 6.42 Å². The third kappa shape index (κ3) is 2.38. The summed E-state index contributed by atoms with van der Waals surface area (Å²) in [5, 5.41) is 0. The highest BCUT2D eigenvalue weighted by atomic mass is 19.1. The van der Waals surface area contributed by atoms with Gasteiger partial charge in [0.05, 0.1) is 12.8 Å². The molecule has 0 atom stereocenters. The van der Waals surface area contributed by atoms with Gasteiger partial charge >= 0.3 is 0 Å². The lowest BCUT2D eigenvalue weighted by atomic mass is 10.1. The van der Waals surface area contributed by atoms with Crippen molar-refractivity contribution in [3.8, 4) is 5.75 Å². The van der Waals surface area contributed by atoms with Gasteiger partial charge in [0.1, 0.15) is 17.3 Å². The predicted molar refractivity (Wildman–Crippen MR) is 61.4 cm³/mol. The lowest BCUT2D eigenvalue weighted by molar-refractivity contribution is 0.407.